The molecule has 2 unspecified atom stereocenters. The number of nitrogens with zero attached hydrogens (tertiary/aromatic N) is 1. The monoisotopic (exact) mass is 341 g/mol. The number of aromatic nitrogens is 2. The summed E-state index contributed by atoms with van der Waals surface area (Å²) in [7, 11) is 0. The maximum Gasteiger partial charge on any atom is 0.355 e. The highest BCUT2D eigenvalue weighted by Crippen LogP contribution is 2.37. The van der Waals surface area contributed by atoms with E-state index < -0.39 is 0 Å². The van der Waals surface area contributed by atoms with E-state index in [1.165, 1.54) is 27.9 Å². The number of pyridine rings is 1. The van der Waals surface area contributed by atoms with Gasteiger partial charge in [0.05, 0.1) is 17.5 Å². The fourth-order valence-electron chi connectivity index (χ4n) is 4.01. The molecule has 0 saturated carbocycles. The van der Waals surface area contributed by atoms with Crippen LogP contribution in [0.25, 0.3) is 16.5 Å². The number of carbonyl (C=O) groups excluding carboxylic acids is 1. The molecule has 0 amide bonds. The smallest absolute Gasteiger partial charge is 0.355 e. The van der Waals surface area contributed by atoms with Gasteiger partial charge in [0.25, 0.3) is 0 Å². The number of hydrogen-bond acceptors (Lipinski definition) is 2. The highest BCUT2D eigenvalue weighted by Gasteiger charge is 2.38. The Morgan fingerprint density at radius 3 is 2.60 bits per heavy atom. The van der Waals surface area contributed by atoms with Crippen LogP contribution in [0, 0.1) is 6.92 Å². The normalized spacial score (nSPS) is 18.0. The van der Waals surface area contributed by atoms with Crippen molar-refractivity contribution >= 4 is 22.4 Å². The number of aromatic amines is 1. The van der Waals surface area contributed by atoms with Gasteiger partial charge in [-0.1, -0.05) is 13.8 Å². The maximum atomic E-state index is 12.4. The van der Waals surface area contributed by atoms with Gasteiger partial charge < -0.3 is 9.72 Å². The molecular weight excluding hydrogens is 312 g/mol. The number of allylic oxidation sites excluding steroid dienone is 2. The third kappa shape index (κ3) is 2.50. The van der Waals surface area contributed by atoms with Crippen LogP contribution in [-0.2, 0) is 4.74 Å². The topological polar surface area (TPSA) is 46.0 Å². The minimum Gasteiger partial charge on any atom is -0.461 e. The molecule has 0 bridgehead atoms. The Hall–Kier alpha value is -2.10. The first-order valence-electron chi connectivity index (χ1n) is 9.28. The third-order valence-corrected chi connectivity index (χ3v) is 5.88. The molecule has 4 nitrogen and oxygen atoms in total. The van der Waals surface area contributed by atoms with Crippen LogP contribution in [0.4, 0.5) is 0 Å². The van der Waals surface area contributed by atoms with E-state index in [4.69, 9.17) is 4.74 Å². The van der Waals surface area contributed by atoms with E-state index in [0.717, 1.165) is 17.5 Å². The lowest BCUT2D eigenvalue weighted by atomic mass is 9.97. The number of esters is 1. The molecular formula is C21H29N2O2+. The Labute approximate surface area is 149 Å². The van der Waals surface area contributed by atoms with Crippen molar-refractivity contribution in [2.75, 3.05) is 6.61 Å². The van der Waals surface area contributed by atoms with Crippen LogP contribution < -0.4 is 4.57 Å². The number of nitrogens with one attached hydrogen (secondary N) is 1. The highest BCUT2D eigenvalue weighted by atomic mass is 16.5. The molecule has 25 heavy (non-hydrogen) atoms. The van der Waals surface area contributed by atoms with E-state index in [0.29, 0.717) is 24.3 Å². The number of H-pyrrole nitrogens is 1. The summed E-state index contributed by atoms with van der Waals surface area (Å²) >= 11 is 0. The molecule has 1 aliphatic heterocycles. The Balaban J connectivity index is 2.37. The molecule has 3 rings (SSSR count). The lowest BCUT2D eigenvalue weighted by molar-refractivity contribution is -0.715. The zero-order valence-corrected chi connectivity index (χ0v) is 16.4. The Morgan fingerprint density at radius 1 is 1.32 bits per heavy atom. The van der Waals surface area contributed by atoms with Crippen LogP contribution in [0.15, 0.2) is 11.6 Å². The van der Waals surface area contributed by atoms with E-state index in [1.807, 2.05) is 13.8 Å². The summed E-state index contributed by atoms with van der Waals surface area (Å²) in [6, 6.07) is 2.54. The Morgan fingerprint density at radius 2 is 2.00 bits per heavy atom. The van der Waals surface area contributed by atoms with Crippen LogP contribution in [0.2, 0.25) is 0 Å². The van der Waals surface area contributed by atoms with Crippen LogP contribution in [0.3, 0.4) is 0 Å². The summed E-state index contributed by atoms with van der Waals surface area (Å²) in [5, 5.41) is 1.18. The molecule has 0 fully saturated rings. The van der Waals surface area contributed by atoms with Gasteiger partial charge in [0.1, 0.15) is 5.69 Å². The van der Waals surface area contributed by atoms with Gasteiger partial charge in [0.2, 0.25) is 5.69 Å². The van der Waals surface area contributed by atoms with Gasteiger partial charge in [-0.3, -0.25) is 0 Å². The van der Waals surface area contributed by atoms with Crippen molar-refractivity contribution in [3.63, 3.8) is 0 Å². The highest BCUT2D eigenvalue weighted by molar-refractivity contribution is 5.99. The summed E-state index contributed by atoms with van der Waals surface area (Å²) in [4.78, 5) is 15.7. The molecule has 2 atom stereocenters. The molecule has 2 aromatic heterocycles. The van der Waals surface area contributed by atoms with Gasteiger partial charge in [-0.2, -0.15) is 4.57 Å². The first kappa shape index (κ1) is 17.7. The van der Waals surface area contributed by atoms with Crippen molar-refractivity contribution in [2.24, 2.45) is 0 Å². The second kappa shape index (κ2) is 6.32. The molecule has 0 radical (unpaired) electrons. The van der Waals surface area contributed by atoms with Gasteiger partial charge in [-0.25, -0.2) is 4.79 Å². The zero-order valence-electron chi connectivity index (χ0n) is 16.4. The Bertz CT molecular complexity index is 889. The summed E-state index contributed by atoms with van der Waals surface area (Å²) in [5.41, 5.74) is 7.94. The third-order valence-electron chi connectivity index (χ3n) is 5.88. The first-order valence-corrected chi connectivity index (χ1v) is 9.28. The lowest BCUT2D eigenvalue weighted by Gasteiger charge is -2.14. The quantitative estimate of drug-likeness (QED) is 0.640. The second-order valence-corrected chi connectivity index (χ2v) is 7.21. The van der Waals surface area contributed by atoms with Crippen molar-refractivity contribution < 1.29 is 14.1 Å². The van der Waals surface area contributed by atoms with Crippen LogP contribution in [-0.4, -0.2) is 17.6 Å². The second-order valence-electron chi connectivity index (χ2n) is 7.21. The molecule has 0 aromatic carbocycles. The SMILES string of the molecule is CCOC(=O)c1[nH]c2cc3[n+](c(C(C)CC)c2c1C)C(C)C(C)=C3C. The van der Waals surface area contributed by atoms with E-state index in [-0.39, 0.29) is 5.97 Å². The van der Waals surface area contributed by atoms with Crippen molar-refractivity contribution in [1.82, 2.24) is 4.98 Å². The van der Waals surface area contributed by atoms with Crippen LogP contribution >= 0.6 is 0 Å². The van der Waals surface area contributed by atoms with Gasteiger partial charge in [0.15, 0.2) is 11.7 Å². The summed E-state index contributed by atoms with van der Waals surface area (Å²) < 4.78 is 7.71. The molecule has 2 aromatic rings. The van der Waals surface area contributed by atoms with Gasteiger partial charge in [-0.05, 0) is 39.7 Å². The summed E-state index contributed by atoms with van der Waals surface area (Å²) in [6.07, 6.45) is 1.06. The van der Waals surface area contributed by atoms with E-state index in [1.54, 1.807) is 0 Å². The van der Waals surface area contributed by atoms with Crippen molar-refractivity contribution in [3.05, 3.63) is 34.3 Å². The summed E-state index contributed by atoms with van der Waals surface area (Å²) in [6.45, 7) is 15.4. The standard InChI is InChI=1S/C21H28N2O2/c1-8-11(3)20-18-14(6)19(21(24)25-9-2)22-16(18)10-17-13(5)12(4)15(7)23(17)20/h10-11,15H,8-9H2,1-7H3/p+1. The number of aryl methyl sites for hydroxylation is 1. The number of fused-ring (bicyclic) bond motifs is 2. The van der Waals surface area contributed by atoms with Gasteiger partial charge >= 0.3 is 5.97 Å². The lowest BCUT2D eigenvalue weighted by Crippen LogP contribution is -2.43. The molecule has 134 valence electrons. The number of rotatable bonds is 4. The molecule has 3 heterocycles. The molecule has 0 spiro atoms. The predicted octanol–water partition coefficient (Wildman–Crippen LogP) is 4.82. The van der Waals surface area contributed by atoms with E-state index >= 15 is 0 Å². The van der Waals surface area contributed by atoms with E-state index in [9.17, 15) is 4.79 Å². The predicted molar refractivity (Wildman–Crippen MR) is 101 cm³/mol. The van der Waals surface area contributed by atoms with Crippen molar-refractivity contribution in [3.8, 4) is 0 Å². The fraction of sp³-hybridized carbons (Fsp3) is 0.524. The van der Waals surface area contributed by atoms with Crippen molar-refractivity contribution in [1.29, 1.82) is 0 Å². The number of hydrogen-bond donors (Lipinski definition) is 1. The number of carbonyl (C=O) groups is 1. The molecule has 0 aliphatic carbocycles. The van der Waals surface area contributed by atoms with Crippen LogP contribution in [0.1, 0.15) is 87.4 Å². The van der Waals surface area contributed by atoms with Gasteiger partial charge in [-0.15, -0.1) is 0 Å². The molecule has 0 saturated heterocycles. The molecule has 1 aliphatic rings. The maximum absolute atomic E-state index is 12.4. The fourth-order valence-corrected chi connectivity index (χ4v) is 4.01. The van der Waals surface area contributed by atoms with Gasteiger partial charge in [0, 0.05) is 30.1 Å². The van der Waals surface area contributed by atoms with Crippen molar-refractivity contribution in [2.45, 2.75) is 66.8 Å². The Kier molecular flexibility index (Phi) is 4.48. The van der Waals surface area contributed by atoms with E-state index in [2.05, 4.69) is 50.2 Å². The van der Waals surface area contributed by atoms with Crippen LogP contribution in [0.5, 0.6) is 0 Å². The minimum absolute atomic E-state index is 0.270. The molecule has 4 heteroatoms. The molecule has 1 N–H and O–H groups in total. The zero-order chi connectivity index (χ0) is 18.5. The first-order chi connectivity index (χ1) is 11.8. The average Bonchev–Trinajstić information content (AvgIpc) is 3.03. The number of ether oxygens (including phenoxy) is 1. The largest absolute Gasteiger partial charge is 0.461 e. The summed E-state index contributed by atoms with van der Waals surface area (Å²) in [5.74, 6) is 0.140. The average molecular weight is 341 g/mol. The minimum atomic E-state index is -0.270.